The molecule has 1 saturated heterocycles. The first-order valence-electron chi connectivity index (χ1n) is 8.76. The van der Waals surface area contributed by atoms with E-state index in [1.165, 1.54) is 0 Å². The molecular weight excluding hydrogens is 366 g/mol. The summed E-state index contributed by atoms with van der Waals surface area (Å²) in [6.07, 6.45) is 0.864. The van der Waals surface area contributed by atoms with Crippen LogP contribution in [0, 0.1) is 27.4 Å². The zero-order valence-corrected chi connectivity index (χ0v) is 15.5. The highest BCUT2D eigenvalue weighted by Crippen LogP contribution is 2.41. The molecule has 1 fully saturated rings. The Labute approximate surface area is 163 Å². The number of ether oxygens (including phenoxy) is 1. The molecule has 2 heterocycles. The zero-order valence-electron chi connectivity index (χ0n) is 14.7. The van der Waals surface area contributed by atoms with Gasteiger partial charge in [0.1, 0.15) is 5.75 Å². The van der Waals surface area contributed by atoms with E-state index in [1.54, 1.807) is 18.2 Å². The maximum atomic E-state index is 10.7. The minimum atomic E-state index is -0.373. The lowest BCUT2D eigenvalue weighted by atomic mass is 9.86. The Morgan fingerprint density at radius 3 is 2.70 bits per heavy atom. The number of nitro benzene ring substituents is 1. The number of nitro groups is 1. The molecule has 0 saturated carbocycles. The van der Waals surface area contributed by atoms with Crippen LogP contribution in [0.3, 0.4) is 0 Å². The molecule has 2 atom stereocenters. The highest BCUT2D eigenvalue weighted by atomic mass is 35.5. The highest BCUT2D eigenvalue weighted by molar-refractivity contribution is 5.85. The third-order valence-corrected chi connectivity index (χ3v) is 5.37. The van der Waals surface area contributed by atoms with E-state index >= 15 is 0 Å². The fourth-order valence-electron chi connectivity index (χ4n) is 3.97. The topological polar surface area (TPSA) is 79.4 Å². The third kappa shape index (κ3) is 3.90. The molecule has 4 rings (SSSR count). The number of nitrogens with zero attached hydrogens (tertiary/aromatic N) is 3. The van der Waals surface area contributed by atoms with Crippen molar-refractivity contribution in [1.29, 1.82) is 5.26 Å². The molecule has 2 aromatic carbocycles. The van der Waals surface area contributed by atoms with Crippen LogP contribution in [0.5, 0.6) is 5.75 Å². The lowest BCUT2D eigenvalue weighted by molar-refractivity contribution is -0.384. The van der Waals surface area contributed by atoms with Gasteiger partial charge in [-0.1, -0.05) is 12.1 Å². The van der Waals surface area contributed by atoms with E-state index in [4.69, 9.17) is 10.00 Å². The SMILES string of the molecule is Cl.N#Cc1ccc2c(c1)[C@@H]1CN(CCc3ccc([N+](=O)[O-])cc3)C[C@H]1CO2. The van der Waals surface area contributed by atoms with E-state index in [-0.39, 0.29) is 23.0 Å². The Kier molecular flexibility index (Phi) is 5.64. The molecule has 2 aliphatic heterocycles. The van der Waals surface area contributed by atoms with E-state index in [0.717, 1.165) is 49.5 Å². The number of nitriles is 1. The molecule has 27 heavy (non-hydrogen) atoms. The molecule has 140 valence electrons. The summed E-state index contributed by atoms with van der Waals surface area (Å²) in [5, 5.41) is 19.9. The Morgan fingerprint density at radius 1 is 1.22 bits per heavy atom. The van der Waals surface area contributed by atoms with Crippen molar-refractivity contribution in [2.75, 3.05) is 26.2 Å². The molecular formula is C20H20ClN3O3. The van der Waals surface area contributed by atoms with Crippen molar-refractivity contribution in [2.45, 2.75) is 12.3 Å². The van der Waals surface area contributed by atoms with E-state index in [1.807, 2.05) is 24.3 Å². The van der Waals surface area contributed by atoms with Crippen LogP contribution >= 0.6 is 12.4 Å². The molecule has 0 spiro atoms. The number of non-ortho nitro benzene ring substituents is 1. The van der Waals surface area contributed by atoms with E-state index < -0.39 is 0 Å². The number of rotatable bonds is 4. The second-order valence-electron chi connectivity index (χ2n) is 6.98. The summed E-state index contributed by atoms with van der Waals surface area (Å²) in [5.41, 5.74) is 3.06. The molecule has 0 amide bonds. The second-order valence-corrected chi connectivity index (χ2v) is 6.98. The van der Waals surface area contributed by atoms with Crippen LogP contribution in [0.4, 0.5) is 5.69 Å². The second kappa shape index (κ2) is 7.95. The molecule has 0 aliphatic carbocycles. The van der Waals surface area contributed by atoms with Crippen LogP contribution in [0.15, 0.2) is 42.5 Å². The molecule has 0 bridgehead atoms. The van der Waals surface area contributed by atoms with Gasteiger partial charge in [-0.25, -0.2) is 0 Å². The number of hydrogen-bond donors (Lipinski definition) is 0. The molecule has 0 N–H and O–H groups in total. The largest absolute Gasteiger partial charge is 0.493 e. The van der Waals surface area contributed by atoms with Crippen LogP contribution in [-0.4, -0.2) is 36.1 Å². The van der Waals surface area contributed by atoms with Gasteiger partial charge in [0.2, 0.25) is 0 Å². The maximum Gasteiger partial charge on any atom is 0.269 e. The molecule has 0 radical (unpaired) electrons. The number of hydrogen-bond acceptors (Lipinski definition) is 5. The lowest BCUT2D eigenvalue weighted by Gasteiger charge is -2.27. The summed E-state index contributed by atoms with van der Waals surface area (Å²) in [4.78, 5) is 12.8. The Morgan fingerprint density at radius 2 is 2.00 bits per heavy atom. The normalized spacial score (nSPS) is 20.6. The van der Waals surface area contributed by atoms with Crippen molar-refractivity contribution < 1.29 is 9.66 Å². The summed E-state index contributed by atoms with van der Waals surface area (Å²) in [7, 11) is 0. The molecule has 2 aliphatic rings. The first-order chi connectivity index (χ1) is 12.6. The third-order valence-electron chi connectivity index (χ3n) is 5.37. The molecule has 0 aromatic heterocycles. The quantitative estimate of drug-likeness (QED) is 0.594. The van der Waals surface area contributed by atoms with E-state index in [2.05, 4.69) is 11.0 Å². The first kappa shape index (κ1) is 19.2. The van der Waals surface area contributed by atoms with Gasteiger partial charge in [0.15, 0.2) is 0 Å². The highest BCUT2D eigenvalue weighted by Gasteiger charge is 2.38. The van der Waals surface area contributed by atoms with Gasteiger partial charge in [-0.2, -0.15) is 5.26 Å². The van der Waals surface area contributed by atoms with Gasteiger partial charge in [-0.3, -0.25) is 10.1 Å². The van der Waals surface area contributed by atoms with Crippen molar-refractivity contribution in [1.82, 2.24) is 4.90 Å². The predicted octanol–water partition coefficient (Wildman–Crippen LogP) is 3.54. The summed E-state index contributed by atoms with van der Waals surface area (Å²) >= 11 is 0. The van der Waals surface area contributed by atoms with Crippen LogP contribution in [0.25, 0.3) is 0 Å². The van der Waals surface area contributed by atoms with Crippen LogP contribution < -0.4 is 4.74 Å². The molecule has 6 nitrogen and oxygen atoms in total. The van der Waals surface area contributed by atoms with E-state index in [0.29, 0.717) is 17.4 Å². The lowest BCUT2D eigenvalue weighted by Crippen LogP contribution is -2.25. The molecule has 2 aromatic rings. The average Bonchev–Trinajstić information content (AvgIpc) is 3.10. The van der Waals surface area contributed by atoms with Gasteiger partial charge < -0.3 is 9.64 Å². The zero-order chi connectivity index (χ0) is 18.1. The number of benzene rings is 2. The van der Waals surface area contributed by atoms with Crippen molar-refractivity contribution in [3.63, 3.8) is 0 Å². The standard InChI is InChI=1S/C20H19N3O3.ClH/c21-10-15-3-6-20-18(9-15)19-12-22(11-16(19)13-26-20)8-7-14-1-4-17(5-2-14)23(24)25;/h1-6,9,16,19H,7-8,11-13H2;1H/t16-,19+;/m0./s1. The fraction of sp³-hybridized carbons (Fsp3) is 0.350. The minimum Gasteiger partial charge on any atom is -0.493 e. The summed E-state index contributed by atoms with van der Waals surface area (Å²) < 4.78 is 5.88. The van der Waals surface area contributed by atoms with Gasteiger partial charge in [0, 0.05) is 49.2 Å². The van der Waals surface area contributed by atoms with Crippen molar-refractivity contribution in [3.8, 4) is 11.8 Å². The van der Waals surface area contributed by atoms with Crippen LogP contribution in [0.1, 0.15) is 22.6 Å². The number of likely N-dealkylation sites (tertiary alicyclic amines) is 1. The minimum absolute atomic E-state index is 0. The van der Waals surface area contributed by atoms with Crippen molar-refractivity contribution in [3.05, 3.63) is 69.3 Å². The fourth-order valence-corrected chi connectivity index (χ4v) is 3.97. The Bertz CT molecular complexity index is 879. The smallest absolute Gasteiger partial charge is 0.269 e. The predicted molar refractivity (Wildman–Crippen MR) is 103 cm³/mol. The summed E-state index contributed by atoms with van der Waals surface area (Å²) in [6.45, 7) is 3.58. The molecule has 7 heteroatoms. The monoisotopic (exact) mass is 385 g/mol. The van der Waals surface area contributed by atoms with Gasteiger partial charge >= 0.3 is 0 Å². The van der Waals surface area contributed by atoms with Crippen LogP contribution in [-0.2, 0) is 6.42 Å². The summed E-state index contributed by atoms with van der Waals surface area (Å²) in [6, 6.07) is 14.7. The van der Waals surface area contributed by atoms with Crippen molar-refractivity contribution >= 4 is 18.1 Å². The van der Waals surface area contributed by atoms with E-state index in [9.17, 15) is 10.1 Å². The van der Waals surface area contributed by atoms with Gasteiger partial charge in [-0.05, 0) is 30.2 Å². The first-order valence-corrected chi connectivity index (χ1v) is 8.76. The van der Waals surface area contributed by atoms with Gasteiger partial charge in [-0.15, -0.1) is 12.4 Å². The average molecular weight is 386 g/mol. The van der Waals surface area contributed by atoms with Crippen molar-refractivity contribution in [2.24, 2.45) is 5.92 Å². The summed E-state index contributed by atoms with van der Waals surface area (Å²) in [5.74, 6) is 1.76. The number of fused-ring (bicyclic) bond motifs is 3. The molecule has 0 unspecified atom stereocenters. The Balaban J connectivity index is 0.00000210. The van der Waals surface area contributed by atoms with Gasteiger partial charge in [0.05, 0.1) is 23.2 Å². The Hall–Kier alpha value is -2.62. The van der Waals surface area contributed by atoms with Crippen LogP contribution in [0.2, 0.25) is 0 Å². The number of halogens is 1. The van der Waals surface area contributed by atoms with Gasteiger partial charge in [0.25, 0.3) is 5.69 Å². The maximum absolute atomic E-state index is 10.7.